The summed E-state index contributed by atoms with van der Waals surface area (Å²) in [6.45, 7) is 0. The van der Waals surface area contributed by atoms with Gasteiger partial charge in [0.15, 0.2) is 0 Å². The molecule has 1 aromatic carbocycles. The lowest BCUT2D eigenvalue weighted by molar-refractivity contribution is 0.616. The van der Waals surface area contributed by atoms with Crippen LogP contribution in [-0.4, -0.2) is 0 Å². The van der Waals surface area contributed by atoms with Crippen LogP contribution in [0.2, 0.25) is 0 Å². The Morgan fingerprint density at radius 2 is 1.21 bits per heavy atom. The zero-order valence-corrected chi connectivity index (χ0v) is 11.9. The van der Waals surface area contributed by atoms with E-state index in [9.17, 15) is 0 Å². The third-order valence-electron chi connectivity index (χ3n) is 2.21. The van der Waals surface area contributed by atoms with Crippen molar-refractivity contribution >= 4 is 33.6 Å². The third kappa shape index (κ3) is 5.12. The molecule has 3 aromatic heterocycles. The third-order valence-corrected chi connectivity index (χ3v) is 3.47. The monoisotopic (exact) mass is 286 g/mol. The summed E-state index contributed by atoms with van der Waals surface area (Å²) >= 11 is 3.43. The van der Waals surface area contributed by atoms with E-state index in [2.05, 4.69) is 0 Å². The quantitative estimate of drug-likeness (QED) is 0.390. The Labute approximate surface area is 120 Å². The molecule has 1 nitrogen and oxygen atoms in total. The molecule has 0 aliphatic carbocycles. The van der Waals surface area contributed by atoms with Crippen molar-refractivity contribution in [3.8, 4) is 0 Å². The molecule has 4 rings (SSSR count). The van der Waals surface area contributed by atoms with E-state index in [-0.39, 0.29) is 0 Å². The van der Waals surface area contributed by atoms with Gasteiger partial charge in [0.25, 0.3) is 0 Å². The predicted molar refractivity (Wildman–Crippen MR) is 84.9 cm³/mol. The molecule has 19 heavy (non-hydrogen) atoms. The van der Waals surface area contributed by atoms with Gasteiger partial charge < -0.3 is 4.42 Å². The Bertz CT molecular complexity index is 545. The van der Waals surface area contributed by atoms with Crippen LogP contribution in [-0.2, 0) is 0 Å². The molecule has 0 bridgehead atoms. The summed E-state index contributed by atoms with van der Waals surface area (Å²) in [6.07, 6.45) is 1.70. The van der Waals surface area contributed by atoms with Crippen LogP contribution in [0.1, 0.15) is 0 Å². The van der Waals surface area contributed by atoms with Crippen LogP contribution in [0.3, 0.4) is 0 Å². The molecular formula is C16H14OS2. The molecule has 0 fully saturated rings. The predicted octanol–water partition coefficient (Wildman–Crippen LogP) is 5.93. The first-order valence-corrected chi connectivity index (χ1v) is 7.72. The summed E-state index contributed by atoms with van der Waals surface area (Å²) in [6, 6.07) is 18.0. The van der Waals surface area contributed by atoms with Crippen LogP contribution in [0, 0.1) is 0 Å². The number of para-hydroxylation sites is 1. The number of hydrogen-bond donors (Lipinski definition) is 0. The van der Waals surface area contributed by atoms with E-state index in [0.29, 0.717) is 0 Å². The Balaban J connectivity index is 0.000000114. The topological polar surface area (TPSA) is 13.1 Å². The smallest absolute Gasteiger partial charge is 0.133 e. The van der Waals surface area contributed by atoms with Gasteiger partial charge in [-0.3, -0.25) is 0 Å². The van der Waals surface area contributed by atoms with Crippen molar-refractivity contribution in [3.63, 3.8) is 0 Å². The van der Waals surface area contributed by atoms with E-state index in [0.717, 1.165) is 11.0 Å². The molecule has 0 radical (unpaired) electrons. The molecule has 3 heterocycles. The Kier molecular flexibility index (Phi) is 5.93. The molecule has 0 aliphatic rings. The molecule has 0 unspecified atom stereocenters. The summed E-state index contributed by atoms with van der Waals surface area (Å²) in [4.78, 5) is 0. The molecule has 0 saturated carbocycles. The second-order valence-electron chi connectivity index (χ2n) is 3.54. The maximum absolute atomic E-state index is 5.12. The number of fused-ring (bicyclic) bond motifs is 1. The van der Waals surface area contributed by atoms with Gasteiger partial charge >= 0.3 is 0 Å². The lowest BCUT2D eigenvalue weighted by Crippen LogP contribution is -1.57. The summed E-state index contributed by atoms with van der Waals surface area (Å²) in [5.74, 6) is 0. The van der Waals surface area contributed by atoms with Crippen molar-refractivity contribution in [1.82, 2.24) is 0 Å². The van der Waals surface area contributed by atoms with Crippen molar-refractivity contribution in [3.05, 3.63) is 82.4 Å². The molecule has 96 valence electrons. The maximum Gasteiger partial charge on any atom is 0.133 e. The summed E-state index contributed by atoms with van der Waals surface area (Å²) in [5.41, 5.74) is 0.956. The molecular weight excluding hydrogens is 272 g/mol. The summed E-state index contributed by atoms with van der Waals surface area (Å²) < 4.78 is 5.12. The fraction of sp³-hybridized carbons (Fsp3) is 0. The van der Waals surface area contributed by atoms with Crippen molar-refractivity contribution in [2.75, 3.05) is 0 Å². The zero-order valence-electron chi connectivity index (χ0n) is 10.3. The molecule has 4 aromatic rings. The van der Waals surface area contributed by atoms with E-state index < -0.39 is 0 Å². The van der Waals surface area contributed by atoms with Crippen molar-refractivity contribution in [2.45, 2.75) is 0 Å². The van der Waals surface area contributed by atoms with Gasteiger partial charge in [-0.25, -0.2) is 0 Å². The van der Waals surface area contributed by atoms with Gasteiger partial charge in [0.2, 0.25) is 0 Å². The van der Waals surface area contributed by atoms with Crippen molar-refractivity contribution in [2.24, 2.45) is 0 Å². The fourth-order valence-electron chi connectivity index (χ4n) is 1.36. The fourth-order valence-corrected chi connectivity index (χ4v) is 2.27. The molecule has 0 aliphatic heterocycles. The first-order chi connectivity index (χ1) is 9.47. The molecule has 0 N–H and O–H groups in total. The van der Waals surface area contributed by atoms with E-state index >= 15 is 0 Å². The lowest BCUT2D eigenvalue weighted by atomic mass is 10.3. The standard InChI is InChI=1S/C8H6O.2C4H4S/c1-2-4-8-7(3-1)5-6-9-8;2*1-2-4-5-3-1/h1-6H;2*1-4H. The Morgan fingerprint density at radius 3 is 1.68 bits per heavy atom. The summed E-state index contributed by atoms with van der Waals surface area (Å²) in [5, 5.41) is 9.33. The van der Waals surface area contributed by atoms with Gasteiger partial charge in [-0.15, -0.1) is 0 Å². The highest BCUT2D eigenvalue weighted by molar-refractivity contribution is 7.08. The second-order valence-corrected chi connectivity index (χ2v) is 5.18. The number of benzene rings is 1. The minimum atomic E-state index is 0.956. The van der Waals surface area contributed by atoms with Gasteiger partial charge in [-0.2, -0.15) is 22.7 Å². The number of furan rings is 1. The Morgan fingerprint density at radius 1 is 0.632 bits per heavy atom. The molecule has 3 heteroatoms. The zero-order chi connectivity index (χ0) is 13.2. The number of thiophene rings is 2. The minimum Gasteiger partial charge on any atom is -0.464 e. The Hall–Kier alpha value is -1.84. The van der Waals surface area contributed by atoms with Gasteiger partial charge in [-0.1, -0.05) is 42.5 Å². The van der Waals surface area contributed by atoms with Crippen LogP contribution in [0.15, 0.2) is 86.8 Å². The van der Waals surface area contributed by atoms with E-state index in [1.54, 1.807) is 28.9 Å². The van der Waals surface area contributed by atoms with Crippen LogP contribution in [0.4, 0.5) is 0 Å². The first kappa shape index (κ1) is 13.6. The number of hydrogen-bond acceptors (Lipinski definition) is 3. The van der Waals surface area contributed by atoms with Crippen molar-refractivity contribution < 1.29 is 4.42 Å². The molecule has 0 spiro atoms. The highest BCUT2D eigenvalue weighted by Gasteiger charge is 1.89. The minimum absolute atomic E-state index is 0.956. The average Bonchev–Trinajstić information content (AvgIpc) is 3.22. The van der Waals surface area contributed by atoms with E-state index in [1.165, 1.54) is 0 Å². The van der Waals surface area contributed by atoms with Crippen LogP contribution in [0.25, 0.3) is 11.0 Å². The molecule has 0 saturated heterocycles. The number of rotatable bonds is 0. The molecule has 0 amide bonds. The van der Waals surface area contributed by atoms with Crippen molar-refractivity contribution in [1.29, 1.82) is 0 Å². The van der Waals surface area contributed by atoms with Crippen LogP contribution >= 0.6 is 22.7 Å². The average molecular weight is 286 g/mol. The van der Waals surface area contributed by atoms with E-state index in [1.807, 2.05) is 76.1 Å². The largest absolute Gasteiger partial charge is 0.464 e. The van der Waals surface area contributed by atoms with Gasteiger partial charge in [0, 0.05) is 5.39 Å². The summed E-state index contributed by atoms with van der Waals surface area (Å²) in [7, 11) is 0. The maximum atomic E-state index is 5.12. The van der Waals surface area contributed by atoms with Gasteiger partial charge in [0.1, 0.15) is 5.58 Å². The second kappa shape index (κ2) is 8.29. The van der Waals surface area contributed by atoms with Crippen LogP contribution in [0.5, 0.6) is 0 Å². The normalized spacial score (nSPS) is 9.05. The SMILES string of the molecule is c1ccc2occc2c1.c1ccsc1.c1ccsc1. The van der Waals surface area contributed by atoms with Gasteiger partial charge in [0.05, 0.1) is 6.26 Å². The highest BCUT2D eigenvalue weighted by Crippen LogP contribution is 2.12. The van der Waals surface area contributed by atoms with Gasteiger partial charge in [-0.05, 0) is 33.7 Å². The lowest BCUT2D eigenvalue weighted by Gasteiger charge is -1.81. The highest BCUT2D eigenvalue weighted by atomic mass is 32.1. The molecule has 0 atom stereocenters. The van der Waals surface area contributed by atoms with E-state index in [4.69, 9.17) is 4.42 Å². The van der Waals surface area contributed by atoms with Crippen LogP contribution < -0.4 is 0 Å². The first-order valence-electron chi connectivity index (χ1n) is 5.83.